The third-order valence-corrected chi connectivity index (χ3v) is 5.53. The molecular formula is C23H24F3N3O3. The van der Waals surface area contributed by atoms with Crippen LogP contribution in [-0.4, -0.2) is 49.7 Å². The van der Waals surface area contributed by atoms with Crippen LogP contribution in [-0.2, 0) is 6.54 Å². The molecule has 4 rings (SSSR count). The van der Waals surface area contributed by atoms with Gasteiger partial charge in [-0.25, -0.2) is 0 Å². The molecule has 1 fully saturated rings. The molecule has 0 bridgehead atoms. The lowest BCUT2D eigenvalue weighted by atomic mass is 10.0. The summed E-state index contributed by atoms with van der Waals surface area (Å²) in [5.41, 5.74) is 2.49. The van der Waals surface area contributed by atoms with E-state index in [2.05, 4.69) is 25.8 Å². The molecule has 1 aliphatic rings. The largest absolute Gasteiger partial charge is 0.573 e. The molecule has 0 radical (unpaired) electrons. The van der Waals surface area contributed by atoms with E-state index in [-0.39, 0.29) is 11.3 Å². The highest BCUT2D eigenvalue weighted by Crippen LogP contribution is 2.36. The smallest absolute Gasteiger partial charge is 0.497 e. The first kappa shape index (κ1) is 22.0. The summed E-state index contributed by atoms with van der Waals surface area (Å²) in [6.45, 7) is 5.52. The van der Waals surface area contributed by atoms with Crippen molar-refractivity contribution in [3.8, 4) is 22.8 Å². The Kier molecular flexibility index (Phi) is 6.27. The predicted octanol–water partition coefficient (Wildman–Crippen LogP) is 4.88. The van der Waals surface area contributed by atoms with Crippen molar-refractivity contribution >= 4 is 5.69 Å². The van der Waals surface area contributed by atoms with Crippen LogP contribution < -0.4 is 14.4 Å². The number of hydrogen-bond acceptors (Lipinski definition) is 6. The second kappa shape index (κ2) is 9.12. The minimum atomic E-state index is -4.79. The number of halogens is 3. The zero-order valence-electron chi connectivity index (χ0n) is 17.9. The summed E-state index contributed by atoms with van der Waals surface area (Å²) in [5, 5.41) is 4.05. The molecule has 0 unspecified atom stereocenters. The molecular weight excluding hydrogens is 423 g/mol. The Balaban J connectivity index is 1.49. The highest BCUT2D eigenvalue weighted by Gasteiger charge is 2.33. The Hall–Kier alpha value is -3.20. The Morgan fingerprint density at radius 3 is 2.50 bits per heavy atom. The highest BCUT2D eigenvalue weighted by atomic mass is 19.4. The van der Waals surface area contributed by atoms with Crippen LogP contribution in [0.25, 0.3) is 11.3 Å². The number of rotatable bonds is 6. The van der Waals surface area contributed by atoms with Crippen LogP contribution in [0.5, 0.6) is 11.5 Å². The van der Waals surface area contributed by atoms with E-state index in [1.165, 1.54) is 12.1 Å². The molecule has 3 aromatic rings. The fourth-order valence-corrected chi connectivity index (χ4v) is 3.86. The monoisotopic (exact) mass is 447 g/mol. The highest BCUT2D eigenvalue weighted by molar-refractivity contribution is 5.70. The summed E-state index contributed by atoms with van der Waals surface area (Å²) >= 11 is 0. The first-order valence-electron chi connectivity index (χ1n) is 10.3. The molecule has 6 nitrogen and oxygen atoms in total. The van der Waals surface area contributed by atoms with Gasteiger partial charge in [-0.3, -0.25) is 4.90 Å². The lowest BCUT2D eigenvalue weighted by Gasteiger charge is -2.36. The van der Waals surface area contributed by atoms with Gasteiger partial charge >= 0.3 is 6.36 Å². The van der Waals surface area contributed by atoms with Gasteiger partial charge in [0.25, 0.3) is 0 Å². The second-order valence-electron chi connectivity index (χ2n) is 7.57. The van der Waals surface area contributed by atoms with Gasteiger partial charge in [-0.15, -0.1) is 13.2 Å². The number of alkyl halides is 3. The number of nitrogens with zero attached hydrogens (tertiary/aromatic N) is 3. The van der Waals surface area contributed by atoms with Crippen LogP contribution in [0.3, 0.4) is 0 Å². The van der Waals surface area contributed by atoms with E-state index in [0.717, 1.165) is 43.2 Å². The Morgan fingerprint density at radius 2 is 1.78 bits per heavy atom. The zero-order chi connectivity index (χ0) is 22.7. The van der Waals surface area contributed by atoms with Gasteiger partial charge < -0.3 is 18.9 Å². The van der Waals surface area contributed by atoms with E-state index < -0.39 is 6.36 Å². The first-order valence-corrected chi connectivity index (χ1v) is 10.3. The van der Waals surface area contributed by atoms with Gasteiger partial charge in [0, 0.05) is 55.6 Å². The van der Waals surface area contributed by atoms with Crippen molar-refractivity contribution < 1.29 is 27.2 Å². The molecule has 1 aromatic heterocycles. The zero-order valence-corrected chi connectivity index (χ0v) is 17.9. The second-order valence-corrected chi connectivity index (χ2v) is 7.57. The van der Waals surface area contributed by atoms with Crippen molar-refractivity contribution in [3.05, 3.63) is 59.9 Å². The minimum Gasteiger partial charge on any atom is -0.497 e. The molecule has 170 valence electrons. The van der Waals surface area contributed by atoms with Gasteiger partial charge in [0.15, 0.2) is 0 Å². The van der Waals surface area contributed by atoms with Crippen LogP contribution in [0.2, 0.25) is 0 Å². The number of piperazine rings is 1. The number of hydrogen-bond donors (Lipinski definition) is 0. The molecule has 2 aromatic carbocycles. The van der Waals surface area contributed by atoms with Crippen molar-refractivity contribution in [3.63, 3.8) is 0 Å². The van der Waals surface area contributed by atoms with Gasteiger partial charge in [-0.05, 0) is 31.2 Å². The summed E-state index contributed by atoms with van der Waals surface area (Å²) in [7, 11) is 1.65. The van der Waals surface area contributed by atoms with Gasteiger partial charge in [-0.2, -0.15) is 0 Å². The van der Waals surface area contributed by atoms with Crippen molar-refractivity contribution in [2.75, 3.05) is 38.2 Å². The van der Waals surface area contributed by atoms with E-state index >= 15 is 0 Å². The Morgan fingerprint density at radius 1 is 1.03 bits per heavy atom. The van der Waals surface area contributed by atoms with Crippen molar-refractivity contribution in [1.82, 2.24) is 10.1 Å². The van der Waals surface area contributed by atoms with Gasteiger partial charge in [0.05, 0.1) is 7.11 Å². The average Bonchev–Trinajstić information content (AvgIpc) is 3.13. The normalized spacial score (nSPS) is 15.1. The van der Waals surface area contributed by atoms with E-state index in [1.54, 1.807) is 26.2 Å². The predicted molar refractivity (Wildman–Crippen MR) is 114 cm³/mol. The van der Waals surface area contributed by atoms with E-state index in [1.807, 2.05) is 18.2 Å². The Bertz CT molecular complexity index is 1060. The lowest BCUT2D eigenvalue weighted by Crippen LogP contribution is -2.46. The minimum absolute atomic E-state index is 0.256. The maximum Gasteiger partial charge on any atom is 0.573 e. The van der Waals surface area contributed by atoms with E-state index in [0.29, 0.717) is 18.0 Å². The molecule has 0 N–H and O–H groups in total. The summed E-state index contributed by atoms with van der Waals surface area (Å²) in [4.78, 5) is 4.53. The molecule has 0 amide bonds. The van der Waals surface area contributed by atoms with Gasteiger partial charge in [-0.1, -0.05) is 23.4 Å². The van der Waals surface area contributed by atoms with Crippen molar-refractivity contribution in [2.45, 2.75) is 19.8 Å². The molecule has 32 heavy (non-hydrogen) atoms. The maximum atomic E-state index is 12.9. The van der Waals surface area contributed by atoms with Crippen molar-refractivity contribution in [2.24, 2.45) is 0 Å². The average molecular weight is 447 g/mol. The molecule has 2 heterocycles. The standard InChI is InChI=1S/C23H24F3N3O3/c1-16-20(22(27-32-16)19-8-3-4-9-21(19)31-23(24,25)26)15-28-10-12-29(13-11-28)17-6-5-7-18(14-17)30-2/h3-9,14H,10-13,15H2,1-2H3. The summed E-state index contributed by atoms with van der Waals surface area (Å²) < 4.78 is 53.4. The molecule has 9 heteroatoms. The summed E-state index contributed by atoms with van der Waals surface area (Å²) in [6, 6.07) is 13.9. The summed E-state index contributed by atoms with van der Waals surface area (Å²) in [6.07, 6.45) is -4.79. The van der Waals surface area contributed by atoms with Crippen LogP contribution in [0.15, 0.2) is 53.1 Å². The Labute approximate surface area is 184 Å². The third-order valence-electron chi connectivity index (χ3n) is 5.53. The van der Waals surface area contributed by atoms with Gasteiger partial charge in [0.2, 0.25) is 0 Å². The number of ether oxygens (including phenoxy) is 2. The number of aryl methyl sites for hydroxylation is 1. The molecule has 0 spiro atoms. The first-order chi connectivity index (χ1) is 15.3. The molecule has 0 aliphatic carbocycles. The topological polar surface area (TPSA) is 51.0 Å². The van der Waals surface area contributed by atoms with Crippen LogP contribution in [0, 0.1) is 6.92 Å². The third kappa shape index (κ3) is 4.99. The van der Waals surface area contributed by atoms with Crippen LogP contribution in [0.1, 0.15) is 11.3 Å². The SMILES string of the molecule is COc1cccc(N2CCN(Cc3c(-c4ccccc4OC(F)(F)F)noc3C)CC2)c1. The van der Waals surface area contributed by atoms with Gasteiger partial charge in [0.1, 0.15) is 23.0 Å². The molecule has 0 atom stereocenters. The van der Waals surface area contributed by atoms with E-state index in [4.69, 9.17) is 9.26 Å². The number of benzene rings is 2. The maximum absolute atomic E-state index is 12.9. The lowest BCUT2D eigenvalue weighted by molar-refractivity contribution is -0.274. The number of methoxy groups -OCH3 is 1. The number of anilines is 1. The number of para-hydroxylation sites is 1. The number of aromatic nitrogens is 1. The van der Waals surface area contributed by atoms with E-state index in [9.17, 15) is 13.2 Å². The molecule has 0 saturated carbocycles. The molecule has 1 aliphatic heterocycles. The fourth-order valence-electron chi connectivity index (χ4n) is 3.86. The molecule has 1 saturated heterocycles. The fraction of sp³-hybridized carbons (Fsp3) is 0.348. The summed E-state index contributed by atoms with van der Waals surface area (Å²) in [5.74, 6) is 1.10. The van der Waals surface area contributed by atoms with Crippen LogP contribution in [0.4, 0.5) is 18.9 Å². The van der Waals surface area contributed by atoms with Crippen LogP contribution >= 0.6 is 0 Å². The van der Waals surface area contributed by atoms with Crippen molar-refractivity contribution in [1.29, 1.82) is 0 Å². The quantitative estimate of drug-likeness (QED) is 0.537.